The molecule has 122 valence electrons. The van der Waals surface area contributed by atoms with Crippen LogP contribution >= 0.6 is 0 Å². The Kier molecular flexibility index (Phi) is 5.84. The highest BCUT2D eigenvalue weighted by atomic mass is 16.3. The molecule has 0 saturated heterocycles. The van der Waals surface area contributed by atoms with Crippen molar-refractivity contribution in [1.29, 1.82) is 0 Å². The summed E-state index contributed by atoms with van der Waals surface area (Å²) in [5.74, 6) is 0.714. The lowest BCUT2D eigenvalue weighted by Gasteiger charge is -2.31. The fraction of sp³-hybridized carbons (Fsp3) is 0.429. The molecule has 0 bridgehead atoms. The molecule has 1 aliphatic rings. The van der Waals surface area contributed by atoms with Crippen LogP contribution in [0.25, 0.3) is 0 Å². The van der Waals surface area contributed by atoms with Crippen molar-refractivity contribution in [2.45, 2.75) is 44.9 Å². The van der Waals surface area contributed by atoms with Crippen LogP contribution in [-0.4, -0.2) is 22.7 Å². The highest BCUT2D eigenvalue weighted by Gasteiger charge is 2.21. The number of aliphatic hydroxyl groups excluding tert-OH is 1. The molecule has 0 heterocycles. The first-order valence-electron chi connectivity index (χ1n) is 8.78. The predicted octanol–water partition coefficient (Wildman–Crippen LogP) is 4.24. The van der Waals surface area contributed by atoms with Crippen molar-refractivity contribution >= 4 is 0 Å². The van der Waals surface area contributed by atoms with Crippen molar-refractivity contribution in [3.63, 3.8) is 0 Å². The molecule has 0 aromatic heterocycles. The molecule has 0 radical (unpaired) electrons. The molecular formula is C21H27NO. The molecule has 1 saturated carbocycles. The second-order valence-corrected chi connectivity index (χ2v) is 6.82. The SMILES string of the molecule is O[C@H]1CC[C@@H](CN(Cc2ccccc2)Cc2ccccc2)CC1. The van der Waals surface area contributed by atoms with Crippen LogP contribution in [0, 0.1) is 5.92 Å². The van der Waals surface area contributed by atoms with Gasteiger partial charge in [-0.1, -0.05) is 60.7 Å². The molecule has 0 spiro atoms. The van der Waals surface area contributed by atoms with Crippen LogP contribution in [-0.2, 0) is 13.1 Å². The maximum absolute atomic E-state index is 9.72. The molecule has 2 heteroatoms. The Labute approximate surface area is 139 Å². The number of hydrogen-bond donors (Lipinski definition) is 1. The van der Waals surface area contributed by atoms with E-state index in [1.807, 2.05) is 0 Å². The first-order chi connectivity index (χ1) is 11.3. The zero-order valence-electron chi connectivity index (χ0n) is 13.8. The lowest BCUT2D eigenvalue weighted by molar-refractivity contribution is 0.0908. The first kappa shape index (κ1) is 16.2. The minimum Gasteiger partial charge on any atom is -0.393 e. The summed E-state index contributed by atoms with van der Waals surface area (Å²) in [6.45, 7) is 3.11. The standard InChI is InChI=1S/C21H27NO/c23-21-13-11-20(12-14-21)17-22(15-18-7-3-1-4-8-18)16-19-9-5-2-6-10-19/h1-10,20-21,23H,11-17H2/t20-,21+. The summed E-state index contributed by atoms with van der Waals surface area (Å²) < 4.78 is 0. The number of benzene rings is 2. The molecule has 2 aromatic rings. The van der Waals surface area contributed by atoms with Crippen molar-refractivity contribution in [2.75, 3.05) is 6.54 Å². The van der Waals surface area contributed by atoms with Crippen molar-refractivity contribution in [3.05, 3.63) is 71.8 Å². The molecule has 1 aliphatic carbocycles. The maximum Gasteiger partial charge on any atom is 0.0540 e. The van der Waals surface area contributed by atoms with E-state index in [1.54, 1.807) is 0 Å². The van der Waals surface area contributed by atoms with Crippen LogP contribution in [0.3, 0.4) is 0 Å². The predicted molar refractivity (Wildman–Crippen MR) is 95.0 cm³/mol. The van der Waals surface area contributed by atoms with Crippen LogP contribution < -0.4 is 0 Å². The van der Waals surface area contributed by atoms with Gasteiger partial charge in [0.1, 0.15) is 0 Å². The van der Waals surface area contributed by atoms with Crippen molar-refractivity contribution in [3.8, 4) is 0 Å². The molecule has 23 heavy (non-hydrogen) atoms. The van der Waals surface area contributed by atoms with Gasteiger partial charge < -0.3 is 5.11 Å². The third-order valence-corrected chi connectivity index (χ3v) is 4.83. The summed E-state index contributed by atoms with van der Waals surface area (Å²) in [6, 6.07) is 21.5. The van der Waals surface area contributed by atoms with Crippen LogP contribution in [0.15, 0.2) is 60.7 Å². The molecule has 2 nitrogen and oxygen atoms in total. The van der Waals surface area contributed by atoms with E-state index in [2.05, 4.69) is 65.6 Å². The van der Waals surface area contributed by atoms with Gasteiger partial charge in [-0.05, 0) is 42.7 Å². The van der Waals surface area contributed by atoms with Crippen LogP contribution in [0.5, 0.6) is 0 Å². The van der Waals surface area contributed by atoms with Gasteiger partial charge in [0.25, 0.3) is 0 Å². The van der Waals surface area contributed by atoms with Gasteiger partial charge in [0, 0.05) is 19.6 Å². The van der Waals surface area contributed by atoms with Gasteiger partial charge in [-0.15, -0.1) is 0 Å². The van der Waals surface area contributed by atoms with Crippen molar-refractivity contribution in [2.24, 2.45) is 5.92 Å². The molecule has 1 N–H and O–H groups in total. The second kappa shape index (κ2) is 8.28. The van der Waals surface area contributed by atoms with E-state index >= 15 is 0 Å². The van der Waals surface area contributed by atoms with E-state index < -0.39 is 0 Å². The Morgan fingerprint density at radius 2 is 1.22 bits per heavy atom. The van der Waals surface area contributed by atoms with Crippen LogP contribution in [0.1, 0.15) is 36.8 Å². The van der Waals surface area contributed by atoms with Gasteiger partial charge in [0.15, 0.2) is 0 Å². The largest absolute Gasteiger partial charge is 0.393 e. The van der Waals surface area contributed by atoms with E-state index in [0.29, 0.717) is 5.92 Å². The van der Waals surface area contributed by atoms with Crippen LogP contribution in [0.2, 0.25) is 0 Å². The van der Waals surface area contributed by atoms with Gasteiger partial charge in [0.05, 0.1) is 6.10 Å². The summed E-state index contributed by atoms with van der Waals surface area (Å²) in [5.41, 5.74) is 2.75. The third-order valence-electron chi connectivity index (χ3n) is 4.83. The lowest BCUT2D eigenvalue weighted by Crippen LogP contribution is -2.31. The number of hydrogen-bond acceptors (Lipinski definition) is 2. The van der Waals surface area contributed by atoms with Gasteiger partial charge in [-0.2, -0.15) is 0 Å². The number of nitrogens with zero attached hydrogens (tertiary/aromatic N) is 1. The molecule has 0 amide bonds. The summed E-state index contributed by atoms with van der Waals surface area (Å²) in [4.78, 5) is 2.56. The van der Waals surface area contributed by atoms with Gasteiger partial charge in [0.2, 0.25) is 0 Å². The van der Waals surface area contributed by atoms with Gasteiger partial charge >= 0.3 is 0 Å². The number of rotatable bonds is 6. The average Bonchev–Trinajstić information content (AvgIpc) is 2.59. The normalized spacial score (nSPS) is 21.5. The molecule has 0 atom stereocenters. The first-order valence-corrected chi connectivity index (χ1v) is 8.78. The smallest absolute Gasteiger partial charge is 0.0540 e. The van der Waals surface area contributed by atoms with E-state index in [-0.39, 0.29) is 6.10 Å². The summed E-state index contributed by atoms with van der Waals surface area (Å²) in [6.07, 6.45) is 4.18. The van der Waals surface area contributed by atoms with Gasteiger partial charge in [-0.3, -0.25) is 4.90 Å². The fourth-order valence-electron chi connectivity index (χ4n) is 3.56. The molecular weight excluding hydrogens is 282 g/mol. The molecule has 0 unspecified atom stereocenters. The zero-order valence-corrected chi connectivity index (χ0v) is 13.8. The Bertz CT molecular complexity index is 519. The number of aliphatic hydroxyl groups is 1. The monoisotopic (exact) mass is 309 g/mol. The molecule has 0 aliphatic heterocycles. The van der Waals surface area contributed by atoms with E-state index in [9.17, 15) is 5.11 Å². The van der Waals surface area contributed by atoms with Crippen LogP contribution in [0.4, 0.5) is 0 Å². The Hall–Kier alpha value is -1.64. The lowest BCUT2D eigenvalue weighted by atomic mass is 9.87. The molecule has 2 aromatic carbocycles. The Morgan fingerprint density at radius 3 is 1.70 bits per heavy atom. The fourth-order valence-corrected chi connectivity index (χ4v) is 3.56. The zero-order chi connectivity index (χ0) is 15.9. The van der Waals surface area contributed by atoms with E-state index in [4.69, 9.17) is 0 Å². The van der Waals surface area contributed by atoms with Crippen molar-refractivity contribution in [1.82, 2.24) is 4.90 Å². The summed E-state index contributed by atoms with van der Waals surface area (Å²) in [5, 5.41) is 9.72. The maximum atomic E-state index is 9.72. The van der Waals surface area contributed by atoms with E-state index in [1.165, 1.54) is 11.1 Å². The Morgan fingerprint density at radius 1 is 0.739 bits per heavy atom. The molecule has 1 fully saturated rings. The summed E-state index contributed by atoms with van der Waals surface area (Å²) >= 11 is 0. The third kappa shape index (κ3) is 5.19. The quantitative estimate of drug-likeness (QED) is 0.862. The average molecular weight is 309 g/mol. The minimum absolute atomic E-state index is 0.0667. The Balaban J connectivity index is 1.65. The van der Waals surface area contributed by atoms with E-state index in [0.717, 1.165) is 45.3 Å². The topological polar surface area (TPSA) is 23.5 Å². The highest BCUT2D eigenvalue weighted by molar-refractivity contribution is 5.17. The second-order valence-electron chi connectivity index (χ2n) is 6.82. The van der Waals surface area contributed by atoms with Crippen molar-refractivity contribution < 1.29 is 5.11 Å². The summed E-state index contributed by atoms with van der Waals surface area (Å²) in [7, 11) is 0. The molecule has 3 rings (SSSR count). The minimum atomic E-state index is -0.0667. The highest BCUT2D eigenvalue weighted by Crippen LogP contribution is 2.26. The van der Waals surface area contributed by atoms with Gasteiger partial charge in [-0.25, -0.2) is 0 Å².